The molecule has 9 heteroatoms. The fourth-order valence-corrected chi connectivity index (χ4v) is 1.38. The highest BCUT2D eigenvalue weighted by atomic mass is 35.5. The van der Waals surface area contributed by atoms with Gasteiger partial charge in [0.25, 0.3) is 5.91 Å². The van der Waals surface area contributed by atoms with Crippen molar-refractivity contribution in [3.8, 4) is 0 Å². The smallest absolute Gasteiger partial charge is 0.321 e. The van der Waals surface area contributed by atoms with Crippen LogP contribution in [0.15, 0.2) is 23.2 Å². The van der Waals surface area contributed by atoms with Crippen molar-refractivity contribution in [1.29, 1.82) is 0 Å². The summed E-state index contributed by atoms with van der Waals surface area (Å²) < 4.78 is 0. The number of nitrogens with two attached hydrogens (primary N) is 2. The maximum Gasteiger partial charge on any atom is 0.321 e. The zero-order chi connectivity index (χ0) is 14.6. The zero-order valence-corrected chi connectivity index (χ0v) is 12.5. The summed E-state index contributed by atoms with van der Waals surface area (Å²) in [4.78, 5) is 28.1. The lowest BCUT2D eigenvalue weighted by molar-refractivity contribution is 0.100. The summed E-state index contributed by atoms with van der Waals surface area (Å²) in [5, 5.41) is 2.88. The van der Waals surface area contributed by atoms with Crippen molar-refractivity contribution in [2.75, 3.05) is 19.4 Å². The van der Waals surface area contributed by atoms with Gasteiger partial charge in [0.2, 0.25) is 0 Å². The maximum atomic E-state index is 11.8. The Morgan fingerprint density at radius 3 is 2.40 bits per heavy atom. The van der Waals surface area contributed by atoms with E-state index in [9.17, 15) is 9.59 Å². The van der Waals surface area contributed by atoms with Crippen molar-refractivity contribution in [2.24, 2.45) is 16.5 Å². The van der Waals surface area contributed by atoms with E-state index in [1.54, 1.807) is 20.2 Å². The number of amides is 3. The molecule has 1 aromatic rings. The van der Waals surface area contributed by atoms with Crippen LogP contribution in [0.4, 0.5) is 10.5 Å². The largest absolute Gasteiger partial charge is 0.370 e. The molecule has 0 unspecified atom stereocenters. The fraction of sp³-hybridized carbons (Fsp3) is 0.182. The summed E-state index contributed by atoms with van der Waals surface area (Å²) in [5.74, 6) is -1.05. The Labute approximate surface area is 127 Å². The molecular weight excluding hydrogens is 305 g/mol. The van der Waals surface area contributed by atoms with Gasteiger partial charge in [-0.15, -0.1) is 12.4 Å². The number of hydrogen-bond acceptors (Lipinski definition) is 2. The first-order valence-electron chi connectivity index (χ1n) is 5.23. The van der Waals surface area contributed by atoms with Crippen LogP contribution in [0, 0.1) is 0 Å². The minimum Gasteiger partial charge on any atom is -0.370 e. The van der Waals surface area contributed by atoms with Crippen LogP contribution in [0.2, 0.25) is 5.02 Å². The van der Waals surface area contributed by atoms with Gasteiger partial charge in [-0.3, -0.25) is 4.79 Å². The number of guanidine groups is 1. The van der Waals surface area contributed by atoms with Crippen LogP contribution < -0.4 is 16.8 Å². The molecule has 0 aliphatic rings. The summed E-state index contributed by atoms with van der Waals surface area (Å²) in [5.41, 5.74) is 10.7. The van der Waals surface area contributed by atoms with E-state index in [1.807, 2.05) is 0 Å². The number of anilines is 1. The van der Waals surface area contributed by atoms with Crippen molar-refractivity contribution in [3.05, 3.63) is 28.8 Å². The standard InChI is InChI=1S/C11H14ClN5O2.ClH/c1-17(2)11(19)15-8-4-3-6(12)5-7(8)9(18)16-10(13)14;/h3-5H,1-2H3,(H,15,19)(H4,13,14,16,18);1H. The van der Waals surface area contributed by atoms with Crippen LogP contribution in [-0.2, 0) is 0 Å². The van der Waals surface area contributed by atoms with Gasteiger partial charge in [0, 0.05) is 19.1 Å². The summed E-state index contributed by atoms with van der Waals surface area (Å²) in [6, 6.07) is 4.03. The second-order valence-corrected chi connectivity index (χ2v) is 4.29. The number of benzene rings is 1. The zero-order valence-electron chi connectivity index (χ0n) is 10.9. The highest BCUT2D eigenvalue weighted by Gasteiger charge is 2.14. The van der Waals surface area contributed by atoms with Gasteiger partial charge in [-0.25, -0.2) is 4.79 Å². The fourth-order valence-electron chi connectivity index (χ4n) is 1.21. The van der Waals surface area contributed by atoms with Crippen molar-refractivity contribution in [1.82, 2.24) is 4.90 Å². The van der Waals surface area contributed by atoms with E-state index in [-0.39, 0.29) is 35.6 Å². The number of rotatable bonds is 2. The van der Waals surface area contributed by atoms with Crippen LogP contribution in [0.1, 0.15) is 10.4 Å². The Kier molecular flexibility index (Phi) is 6.81. The molecule has 0 radical (unpaired) electrons. The Morgan fingerprint density at radius 2 is 1.90 bits per heavy atom. The monoisotopic (exact) mass is 319 g/mol. The molecule has 0 atom stereocenters. The number of nitrogens with one attached hydrogen (secondary N) is 1. The van der Waals surface area contributed by atoms with Gasteiger partial charge < -0.3 is 21.7 Å². The van der Waals surface area contributed by atoms with Crippen LogP contribution in [-0.4, -0.2) is 36.9 Å². The molecule has 1 rings (SSSR count). The number of carbonyl (C=O) groups excluding carboxylic acids is 2. The summed E-state index contributed by atoms with van der Waals surface area (Å²) >= 11 is 5.81. The molecule has 0 heterocycles. The SMILES string of the molecule is CN(C)C(=O)Nc1ccc(Cl)cc1C(=O)N=C(N)N.Cl. The molecule has 7 nitrogen and oxygen atoms in total. The van der Waals surface area contributed by atoms with Crippen molar-refractivity contribution < 1.29 is 9.59 Å². The maximum absolute atomic E-state index is 11.8. The number of carbonyl (C=O) groups is 2. The molecule has 0 aliphatic carbocycles. The molecule has 1 aromatic carbocycles. The summed E-state index contributed by atoms with van der Waals surface area (Å²) in [6.07, 6.45) is 0. The Morgan fingerprint density at radius 1 is 1.30 bits per heavy atom. The van der Waals surface area contributed by atoms with E-state index >= 15 is 0 Å². The van der Waals surface area contributed by atoms with Crippen molar-refractivity contribution in [3.63, 3.8) is 0 Å². The van der Waals surface area contributed by atoms with Gasteiger partial charge in [-0.2, -0.15) is 4.99 Å². The number of nitrogens with zero attached hydrogens (tertiary/aromatic N) is 2. The molecule has 0 saturated carbocycles. The van der Waals surface area contributed by atoms with Gasteiger partial charge >= 0.3 is 6.03 Å². The summed E-state index contributed by atoms with van der Waals surface area (Å²) in [7, 11) is 3.14. The molecule has 0 bridgehead atoms. The minimum absolute atomic E-state index is 0. The van der Waals surface area contributed by atoms with E-state index in [0.29, 0.717) is 5.02 Å². The lowest BCUT2D eigenvalue weighted by Gasteiger charge is -2.14. The lowest BCUT2D eigenvalue weighted by Crippen LogP contribution is -2.28. The third-order valence-electron chi connectivity index (χ3n) is 2.09. The van der Waals surface area contributed by atoms with E-state index in [4.69, 9.17) is 23.1 Å². The molecular formula is C11H15Cl2N5O2. The molecule has 0 fully saturated rings. The first-order valence-corrected chi connectivity index (χ1v) is 5.61. The van der Waals surface area contributed by atoms with Crippen molar-refractivity contribution >= 4 is 47.6 Å². The van der Waals surface area contributed by atoms with E-state index < -0.39 is 5.91 Å². The minimum atomic E-state index is -0.684. The Balaban J connectivity index is 0.00000361. The second-order valence-electron chi connectivity index (χ2n) is 3.86. The van der Waals surface area contributed by atoms with Crippen molar-refractivity contribution in [2.45, 2.75) is 0 Å². The third-order valence-corrected chi connectivity index (χ3v) is 2.33. The first-order chi connectivity index (χ1) is 8.81. The predicted octanol–water partition coefficient (Wildman–Crippen LogP) is 1.27. The summed E-state index contributed by atoms with van der Waals surface area (Å²) in [6.45, 7) is 0. The molecule has 0 aliphatic heterocycles. The van der Waals surface area contributed by atoms with E-state index in [2.05, 4.69) is 10.3 Å². The predicted molar refractivity (Wildman–Crippen MR) is 81.5 cm³/mol. The van der Waals surface area contributed by atoms with Crippen LogP contribution in [0.25, 0.3) is 0 Å². The lowest BCUT2D eigenvalue weighted by atomic mass is 10.1. The average Bonchev–Trinajstić information content (AvgIpc) is 2.30. The van der Waals surface area contributed by atoms with Gasteiger partial charge in [0.15, 0.2) is 5.96 Å². The molecule has 0 saturated heterocycles. The van der Waals surface area contributed by atoms with Gasteiger partial charge in [-0.05, 0) is 18.2 Å². The third kappa shape index (κ3) is 4.94. The molecule has 110 valence electrons. The highest BCUT2D eigenvalue weighted by molar-refractivity contribution is 6.31. The molecule has 20 heavy (non-hydrogen) atoms. The first kappa shape index (κ1) is 18.0. The van der Waals surface area contributed by atoms with E-state index in [1.165, 1.54) is 17.0 Å². The number of urea groups is 1. The highest BCUT2D eigenvalue weighted by Crippen LogP contribution is 2.21. The molecule has 0 spiro atoms. The van der Waals surface area contributed by atoms with Crippen LogP contribution >= 0.6 is 24.0 Å². The molecule has 3 amide bonds. The van der Waals surface area contributed by atoms with Gasteiger partial charge in [0.05, 0.1) is 11.3 Å². The Bertz CT molecular complexity index is 542. The average molecular weight is 320 g/mol. The normalized spacial score (nSPS) is 9.15. The Hall–Kier alpha value is -1.99. The quantitative estimate of drug-likeness (QED) is 0.562. The number of hydrogen-bond donors (Lipinski definition) is 3. The molecule has 5 N–H and O–H groups in total. The van der Waals surface area contributed by atoms with Gasteiger partial charge in [-0.1, -0.05) is 11.6 Å². The number of halogens is 2. The van der Waals surface area contributed by atoms with Crippen LogP contribution in [0.5, 0.6) is 0 Å². The number of aliphatic imine (C=N–C) groups is 1. The van der Waals surface area contributed by atoms with Gasteiger partial charge in [0.1, 0.15) is 0 Å². The topological polar surface area (TPSA) is 114 Å². The van der Waals surface area contributed by atoms with E-state index in [0.717, 1.165) is 0 Å². The second kappa shape index (κ2) is 7.56. The van der Waals surface area contributed by atoms with Crippen LogP contribution in [0.3, 0.4) is 0 Å². The molecule has 0 aromatic heterocycles.